The van der Waals surface area contributed by atoms with Gasteiger partial charge >= 0.3 is 10.2 Å². The first-order valence-electron chi connectivity index (χ1n) is 8.81. The van der Waals surface area contributed by atoms with E-state index in [2.05, 4.69) is 20.3 Å². The number of hydrogen-bond donors (Lipinski definition) is 1. The summed E-state index contributed by atoms with van der Waals surface area (Å²) in [5.74, 6) is -0.220. The molecule has 5 nitrogen and oxygen atoms in total. The Labute approximate surface area is 168 Å². The number of pyridine rings is 1. The standard InChI is InChI=1S/C19H15F5N4OS/c20-30(21,22,23,24)14-3-1-2-12(9-14)8-13-10-17(28-11-27-13)18-15-4-7-26-19(29)16(15)5-6-25-18/h1-3,5-6,9-11H,4,7-8H2,(H,26,29). The van der Waals surface area contributed by atoms with Crippen molar-refractivity contribution < 1.29 is 24.2 Å². The second-order valence-corrected chi connectivity index (χ2v) is 9.29. The predicted octanol–water partition coefficient (Wildman–Crippen LogP) is 5.07. The maximum atomic E-state index is 13.1. The third-order valence-corrected chi connectivity index (χ3v) is 5.80. The van der Waals surface area contributed by atoms with Crippen LogP contribution in [0.5, 0.6) is 0 Å². The molecule has 0 saturated heterocycles. The summed E-state index contributed by atoms with van der Waals surface area (Å²) >= 11 is 0. The Morgan fingerprint density at radius 3 is 2.57 bits per heavy atom. The van der Waals surface area contributed by atoms with E-state index in [-0.39, 0.29) is 17.9 Å². The van der Waals surface area contributed by atoms with Gasteiger partial charge in [-0.15, -0.1) is 0 Å². The Balaban J connectivity index is 1.69. The van der Waals surface area contributed by atoms with E-state index in [1.165, 1.54) is 24.7 Å². The van der Waals surface area contributed by atoms with E-state index in [1.54, 1.807) is 6.07 Å². The normalized spacial score (nSPS) is 16.2. The van der Waals surface area contributed by atoms with Crippen LogP contribution in [-0.2, 0) is 12.8 Å². The zero-order valence-corrected chi connectivity index (χ0v) is 16.1. The van der Waals surface area contributed by atoms with Gasteiger partial charge in [-0.25, -0.2) is 9.97 Å². The first kappa shape index (κ1) is 20.2. The van der Waals surface area contributed by atoms with E-state index in [1.807, 2.05) is 0 Å². The summed E-state index contributed by atoms with van der Waals surface area (Å²) < 4.78 is 65.4. The minimum absolute atomic E-state index is 0.0350. The van der Waals surface area contributed by atoms with Crippen LogP contribution in [0.1, 0.15) is 27.2 Å². The Morgan fingerprint density at radius 1 is 1.00 bits per heavy atom. The summed E-state index contributed by atoms with van der Waals surface area (Å²) in [7, 11) is -9.76. The second-order valence-electron chi connectivity index (χ2n) is 6.88. The smallest absolute Gasteiger partial charge is 0.310 e. The van der Waals surface area contributed by atoms with Crippen molar-refractivity contribution in [3.05, 3.63) is 71.3 Å². The third-order valence-electron chi connectivity index (χ3n) is 4.66. The van der Waals surface area contributed by atoms with Gasteiger partial charge in [-0.05, 0) is 41.8 Å². The van der Waals surface area contributed by atoms with Crippen LogP contribution >= 0.6 is 10.2 Å². The van der Waals surface area contributed by atoms with Crippen LogP contribution in [0.3, 0.4) is 0 Å². The molecule has 0 bridgehead atoms. The van der Waals surface area contributed by atoms with E-state index in [0.717, 1.165) is 6.07 Å². The van der Waals surface area contributed by atoms with Crippen LogP contribution in [0.2, 0.25) is 0 Å². The average molecular weight is 442 g/mol. The van der Waals surface area contributed by atoms with Gasteiger partial charge in [0.2, 0.25) is 0 Å². The lowest BCUT2D eigenvalue weighted by atomic mass is 9.97. The van der Waals surface area contributed by atoms with Crippen molar-refractivity contribution in [1.82, 2.24) is 20.3 Å². The van der Waals surface area contributed by atoms with Gasteiger partial charge < -0.3 is 5.32 Å². The summed E-state index contributed by atoms with van der Waals surface area (Å²) in [4.78, 5) is 22.6. The zero-order valence-electron chi connectivity index (χ0n) is 15.3. The van der Waals surface area contributed by atoms with Gasteiger partial charge in [0, 0.05) is 30.4 Å². The Morgan fingerprint density at radius 2 is 1.80 bits per heavy atom. The van der Waals surface area contributed by atoms with Crippen molar-refractivity contribution in [2.45, 2.75) is 17.7 Å². The lowest BCUT2D eigenvalue weighted by molar-refractivity contribution is 0.0946. The molecule has 30 heavy (non-hydrogen) atoms. The monoisotopic (exact) mass is 442 g/mol. The highest BCUT2D eigenvalue weighted by atomic mass is 32.5. The summed E-state index contributed by atoms with van der Waals surface area (Å²) in [6.45, 7) is 0.448. The Bertz CT molecular complexity index is 1170. The molecule has 0 aliphatic carbocycles. The number of aromatic nitrogens is 3. The summed E-state index contributed by atoms with van der Waals surface area (Å²) in [5.41, 5.74) is 2.44. The maximum Gasteiger partial charge on any atom is 0.310 e. The molecule has 158 valence electrons. The number of carbonyl (C=O) groups is 1. The fraction of sp³-hybridized carbons (Fsp3) is 0.158. The highest BCUT2D eigenvalue weighted by molar-refractivity contribution is 8.45. The van der Waals surface area contributed by atoms with Crippen LogP contribution in [0.25, 0.3) is 11.4 Å². The molecular weight excluding hydrogens is 427 g/mol. The average Bonchev–Trinajstić information content (AvgIpc) is 2.67. The molecule has 3 heterocycles. The van der Waals surface area contributed by atoms with Crippen molar-refractivity contribution in [3.8, 4) is 11.4 Å². The number of rotatable bonds is 4. The molecule has 1 aliphatic rings. The molecule has 11 heteroatoms. The summed E-state index contributed by atoms with van der Waals surface area (Å²) in [6, 6.07) is 6.20. The third kappa shape index (κ3) is 4.11. The highest BCUT2D eigenvalue weighted by Crippen LogP contribution is 3.02. The van der Waals surface area contributed by atoms with Crippen molar-refractivity contribution in [2.24, 2.45) is 0 Å². The van der Waals surface area contributed by atoms with Gasteiger partial charge in [-0.1, -0.05) is 31.6 Å². The van der Waals surface area contributed by atoms with Crippen LogP contribution < -0.4 is 5.32 Å². The maximum absolute atomic E-state index is 13.1. The lowest BCUT2D eigenvalue weighted by Crippen LogP contribution is -2.32. The SMILES string of the molecule is O=C1NCCc2c1ccnc2-c1cc(Cc2cccc(S(F)(F)(F)(F)F)c2)ncn1. The minimum atomic E-state index is -9.76. The molecule has 0 atom stereocenters. The number of hydrogen-bond acceptors (Lipinski definition) is 4. The molecule has 4 rings (SSSR count). The molecule has 0 saturated carbocycles. The molecule has 3 aromatic rings. The number of amides is 1. The van der Waals surface area contributed by atoms with E-state index >= 15 is 0 Å². The van der Waals surface area contributed by atoms with E-state index in [9.17, 15) is 24.2 Å². The van der Waals surface area contributed by atoms with Crippen molar-refractivity contribution in [1.29, 1.82) is 0 Å². The van der Waals surface area contributed by atoms with Gasteiger partial charge in [0.15, 0.2) is 0 Å². The Hall–Kier alpha value is -3.08. The number of benzene rings is 1. The molecule has 1 aliphatic heterocycles. The Kier molecular flexibility index (Phi) is 4.18. The number of halogens is 5. The molecule has 1 aromatic carbocycles. The van der Waals surface area contributed by atoms with E-state index in [0.29, 0.717) is 53.3 Å². The van der Waals surface area contributed by atoms with Gasteiger partial charge in [0.05, 0.1) is 11.4 Å². The summed E-state index contributed by atoms with van der Waals surface area (Å²) in [6.07, 6.45) is 3.14. The van der Waals surface area contributed by atoms with Crippen LogP contribution in [0.4, 0.5) is 19.4 Å². The van der Waals surface area contributed by atoms with Gasteiger partial charge in [0.25, 0.3) is 5.91 Å². The molecule has 0 radical (unpaired) electrons. The molecule has 0 fully saturated rings. The topological polar surface area (TPSA) is 67.8 Å². The molecule has 1 N–H and O–H groups in total. The summed E-state index contributed by atoms with van der Waals surface area (Å²) in [5, 5.41) is 2.73. The first-order valence-corrected chi connectivity index (χ1v) is 10.8. The fourth-order valence-electron chi connectivity index (χ4n) is 3.30. The molecule has 0 spiro atoms. The molecular formula is C19H15F5N4OS. The van der Waals surface area contributed by atoms with Gasteiger partial charge in [-0.2, -0.15) is 0 Å². The lowest BCUT2D eigenvalue weighted by Gasteiger charge is -2.40. The highest BCUT2D eigenvalue weighted by Gasteiger charge is 2.65. The quantitative estimate of drug-likeness (QED) is 0.573. The number of fused-ring (bicyclic) bond motifs is 1. The zero-order chi connectivity index (χ0) is 21.6. The van der Waals surface area contributed by atoms with Crippen molar-refractivity contribution in [3.63, 3.8) is 0 Å². The van der Waals surface area contributed by atoms with Gasteiger partial charge in [-0.3, -0.25) is 9.78 Å². The van der Waals surface area contributed by atoms with Crippen LogP contribution in [0.15, 0.2) is 53.8 Å². The molecule has 1 amide bonds. The van der Waals surface area contributed by atoms with E-state index in [4.69, 9.17) is 0 Å². The van der Waals surface area contributed by atoms with Crippen LogP contribution in [0, 0.1) is 0 Å². The molecule has 0 unspecified atom stereocenters. The number of nitrogens with zero attached hydrogens (tertiary/aromatic N) is 3. The largest absolute Gasteiger partial charge is 0.352 e. The van der Waals surface area contributed by atoms with E-state index < -0.39 is 15.1 Å². The minimum Gasteiger partial charge on any atom is -0.352 e. The number of carbonyl (C=O) groups excluding carboxylic acids is 1. The fourth-order valence-corrected chi connectivity index (χ4v) is 4.01. The molecule has 2 aromatic heterocycles. The van der Waals surface area contributed by atoms with Crippen molar-refractivity contribution >= 4 is 16.1 Å². The van der Waals surface area contributed by atoms with Gasteiger partial charge in [0.1, 0.15) is 11.2 Å². The second kappa shape index (κ2) is 6.21. The van der Waals surface area contributed by atoms with Crippen LogP contribution in [-0.4, -0.2) is 27.4 Å². The van der Waals surface area contributed by atoms with Crippen molar-refractivity contribution in [2.75, 3.05) is 6.54 Å². The first-order chi connectivity index (χ1) is 13.9. The number of nitrogens with one attached hydrogen (secondary N) is 1. The predicted molar refractivity (Wildman–Crippen MR) is 102 cm³/mol.